The maximum absolute atomic E-state index is 12.6. The molecule has 2 aliphatic rings. The Balaban J connectivity index is 1.82. The summed E-state index contributed by atoms with van der Waals surface area (Å²) < 4.78 is 16.7. The van der Waals surface area contributed by atoms with Gasteiger partial charge in [-0.3, -0.25) is 0 Å². The Bertz CT molecular complexity index is 843. The summed E-state index contributed by atoms with van der Waals surface area (Å²) in [5.74, 6) is -0.733. The van der Waals surface area contributed by atoms with E-state index in [9.17, 15) is 10.1 Å². The number of nitrogens with zero attached hydrogens (tertiary/aromatic N) is 1. The minimum absolute atomic E-state index is 0.0211. The highest BCUT2D eigenvalue weighted by molar-refractivity contribution is 5.92. The summed E-state index contributed by atoms with van der Waals surface area (Å²) in [6, 6.07) is 9.85. The summed E-state index contributed by atoms with van der Waals surface area (Å²) in [6.07, 6.45) is 6.37. The van der Waals surface area contributed by atoms with Gasteiger partial charge in [0.05, 0.1) is 30.8 Å². The number of hydrogen-bond donors (Lipinski definition) is 1. The Labute approximate surface area is 171 Å². The third-order valence-electron chi connectivity index (χ3n) is 5.45. The SMILES string of the molecule is CCOC(=O)C1=C(C)OC(N)=C(C#N)C1c1ccc(COC2CCCCC2)cc1. The van der Waals surface area contributed by atoms with Crippen molar-refractivity contribution in [1.82, 2.24) is 0 Å². The second kappa shape index (κ2) is 9.62. The second-order valence-corrected chi connectivity index (χ2v) is 7.43. The van der Waals surface area contributed by atoms with Crippen LogP contribution >= 0.6 is 0 Å². The van der Waals surface area contributed by atoms with Crippen molar-refractivity contribution in [1.29, 1.82) is 5.26 Å². The van der Waals surface area contributed by atoms with E-state index in [0.29, 0.717) is 24.0 Å². The lowest BCUT2D eigenvalue weighted by molar-refractivity contribution is -0.139. The molecule has 0 bridgehead atoms. The van der Waals surface area contributed by atoms with Crippen molar-refractivity contribution in [3.05, 3.63) is 58.2 Å². The molecule has 1 heterocycles. The minimum atomic E-state index is -0.610. The Kier molecular flexibility index (Phi) is 6.95. The maximum Gasteiger partial charge on any atom is 0.338 e. The number of rotatable bonds is 6. The standard InChI is InChI=1S/C23H28N2O4/c1-3-27-23(26)20-15(2)29-22(25)19(13-24)21(20)17-11-9-16(10-12-17)14-28-18-7-5-4-6-8-18/h9-12,18,21H,3-8,14,25H2,1-2H3. The first kappa shape index (κ1) is 20.9. The van der Waals surface area contributed by atoms with Crippen LogP contribution in [0.5, 0.6) is 0 Å². The van der Waals surface area contributed by atoms with Gasteiger partial charge in [0.1, 0.15) is 17.4 Å². The maximum atomic E-state index is 12.6. The predicted molar refractivity (Wildman–Crippen MR) is 108 cm³/mol. The first-order valence-electron chi connectivity index (χ1n) is 10.2. The van der Waals surface area contributed by atoms with Crippen LogP contribution in [0.15, 0.2) is 47.1 Å². The summed E-state index contributed by atoms with van der Waals surface area (Å²) >= 11 is 0. The number of ether oxygens (including phenoxy) is 3. The van der Waals surface area contributed by atoms with Gasteiger partial charge in [-0.2, -0.15) is 5.26 Å². The van der Waals surface area contributed by atoms with Gasteiger partial charge in [0, 0.05) is 0 Å². The molecule has 1 aliphatic heterocycles. The van der Waals surface area contributed by atoms with E-state index in [0.717, 1.165) is 24.0 Å². The van der Waals surface area contributed by atoms with Gasteiger partial charge in [-0.25, -0.2) is 4.79 Å². The van der Waals surface area contributed by atoms with Gasteiger partial charge in [-0.15, -0.1) is 0 Å². The number of nitrogens with two attached hydrogens (primary N) is 1. The summed E-state index contributed by atoms with van der Waals surface area (Å²) in [5.41, 5.74) is 8.30. The van der Waals surface area contributed by atoms with Crippen molar-refractivity contribution in [3.63, 3.8) is 0 Å². The van der Waals surface area contributed by atoms with Crippen LogP contribution in [0.25, 0.3) is 0 Å². The van der Waals surface area contributed by atoms with Gasteiger partial charge in [-0.05, 0) is 37.8 Å². The van der Waals surface area contributed by atoms with E-state index < -0.39 is 11.9 Å². The molecule has 1 saturated carbocycles. The number of nitriles is 1. The summed E-state index contributed by atoms with van der Waals surface area (Å²) in [6.45, 7) is 4.19. The molecule has 1 atom stereocenters. The summed E-state index contributed by atoms with van der Waals surface area (Å²) in [5, 5.41) is 9.63. The Morgan fingerprint density at radius 2 is 1.93 bits per heavy atom. The molecule has 0 spiro atoms. The predicted octanol–water partition coefficient (Wildman–Crippen LogP) is 4.18. The fourth-order valence-corrected chi connectivity index (χ4v) is 3.94. The third-order valence-corrected chi connectivity index (χ3v) is 5.45. The highest BCUT2D eigenvalue weighted by Crippen LogP contribution is 2.39. The largest absolute Gasteiger partial charge is 0.463 e. The van der Waals surface area contributed by atoms with Crippen molar-refractivity contribution in [3.8, 4) is 6.07 Å². The zero-order valence-electron chi connectivity index (χ0n) is 17.1. The molecule has 1 aromatic carbocycles. The number of benzene rings is 1. The molecular weight excluding hydrogens is 368 g/mol. The van der Waals surface area contributed by atoms with Crippen LogP contribution in [-0.4, -0.2) is 18.7 Å². The van der Waals surface area contributed by atoms with E-state index in [4.69, 9.17) is 19.9 Å². The molecule has 1 aliphatic carbocycles. The fraction of sp³-hybridized carbons (Fsp3) is 0.478. The van der Waals surface area contributed by atoms with Gasteiger partial charge in [-0.1, -0.05) is 43.5 Å². The van der Waals surface area contributed by atoms with Crippen molar-refractivity contribution < 1.29 is 19.0 Å². The average Bonchev–Trinajstić information content (AvgIpc) is 2.73. The van der Waals surface area contributed by atoms with Crippen LogP contribution in [0, 0.1) is 11.3 Å². The topological polar surface area (TPSA) is 94.6 Å². The molecule has 1 aromatic rings. The van der Waals surface area contributed by atoms with Crippen molar-refractivity contribution >= 4 is 5.97 Å². The minimum Gasteiger partial charge on any atom is -0.463 e. The molecule has 0 radical (unpaired) electrons. The number of hydrogen-bond acceptors (Lipinski definition) is 6. The molecule has 154 valence electrons. The van der Waals surface area contributed by atoms with E-state index in [1.54, 1.807) is 13.8 Å². The highest BCUT2D eigenvalue weighted by Gasteiger charge is 2.36. The van der Waals surface area contributed by atoms with Gasteiger partial charge in [0.2, 0.25) is 5.88 Å². The average molecular weight is 396 g/mol. The molecule has 3 rings (SSSR count). The zero-order chi connectivity index (χ0) is 20.8. The molecule has 6 heteroatoms. The van der Waals surface area contributed by atoms with Crippen LogP contribution in [0.2, 0.25) is 0 Å². The first-order chi connectivity index (χ1) is 14.0. The number of carbonyl (C=O) groups is 1. The summed E-state index contributed by atoms with van der Waals surface area (Å²) in [4.78, 5) is 12.6. The van der Waals surface area contributed by atoms with E-state index in [1.165, 1.54) is 19.3 Å². The first-order valence-corrected chi connectivity index (χ1v) is 10.2. The zero-order valence-corrected chi connectivity index (χ0v) is 17.1. The van der Waals surface area contributed by atoms with Crippen LogP contribution in [-0.2, 0) is 25.6 Å². The van der Waals surface area contributed by atoms with E-state index >= 15 is 0 Å². The van der Waals surface area contributed by atoms with E-state index in [1.807, 2.05) is 24.3 Å². The Morgan fingerprint density at radius 3 is 2.55 bits per heavy atom. The van der Waals surface area contributed by atoms with Crippen LogP contribution in [0.4, 0.5) is 0 Å². The molecular formula is C23H28N2O4. The highest BCUT2D eigenvalue weighted by atomic mass is 16.5. The molecule has 0 amide bonds. The quantitative estimate of drug-likeness (QED) is 0.725. The Hall–Kier alpha value is -2.78. The number of carbonyl (C=O) groups excluding carboxylic acids is 1. The van der Waals surface area contributed by atoms with Crippen molar-refractivity contribution in [2.45, 2.75) is 64.6 Å². The van der Waals surface area contributed by atoms with Crippen molar-refractivity contribution in [2.24, 2.45) is 5.73 Å². The second-order valence-electron chi connectivity index (χ2n) is 7.43. The smallest absolute Gasteiger partial charge is 0.338 e. The molecule has 6 nitrogen and oxygen atoms in total. The molecule has 1 fully saturated rings. The summed E-state index contributed by atoms with van der Waals surface area (Å²) in [7, 11) is 0. The molecule has 1 unspecified atom stereocenters. The monoisotopic (exact) mass is 396 g/mol. The van der Waals surface area contributed by atoms with Crippen LogP contribution in [0.1, 0.15) is 63.0 Å². The molecule has 0 aromatic heterocycles. The molecule has 29 heavy (non-hydrogen) atoms. The van der Waals surface area contributed by atoms with Gasteiger partial charge >= 0.3 is 5.97 Å². The normalized spacial score (nSPS) is 20.2. The van der Waals surface area contributed by atoms with Crippen molar-refractivity contribution in [2.75, 3.05) is 6.61 Å². The molecule has 2 N–H and O–H groups in total. The molecule has 0 saturated heterocycles. The van der Waals surface area contributed by atoms with Gasteiger partial charge in [0.15, 0.2) is 0 Å². The Morgan fingerprint density at radius 1 is 1.24 bits per heavy atom. The third kappa shape index (κ3) is 4.80. The lowest BCUT2D eigenvalue weighted by Gasteiger charge is -2.27. The van der Waals surface area contributed by atoms with E-state index in [2.05, 4.69) is 6.07 Å². The van der Waals surface area contributed by atoms with E-state index in [-0.39, 0.29) is 18.1 Å². The lowest BCUT2D eigenvalue weighted by Crippen LogP contribution is -2.25. The van der Waals surface area contributed by atoms with Crippen LogP contribution in [0.3, 0.4) is 0 Å². The van der Waals surface area contributed by atoms with Gasteiger partial charge in [0.25, 0.3) is 0 Å². The van der Waals surface area contributed by atoms with Gasteiger partial charge < -0.3 is 19.9 Å². The lowest BCUT2D eigenvalue weighted by atomic mass is 9.83. The van der Waals surface area contributed by atoms with Crippen LogP contribution < -0.4 is 5.73 Å². The number of esters is 1. The fourth-order valence-electron chi connectivity index (χ4n) is 3.94. The number of allylic oxidation sites excluding steroid dienone is 2.